The maximum atomic E-state index is 6.25. The van der Waals surface area contributed by atoms with Gasteiger partial charge >= 0.3 is 0 Å². The maximum absolute atomic E-state index is 6.25. The highest BCUT2D eigenvalue weighted by Gasteiger charge is 2.14. The molecule has 0 atom stereocenters. The van der Waals surface area contributed by atoms with Crippen molar-refractivity contribution in [2.45, 2.75) is 13.5 Å². The molecule has 0 radical (unpaired) electrons. The molecule has 5 nitrogen and oxygen atoms in total. The van der Waals surface area contributed by atoms with E-state index in [2.05, 4.69) is 46.7 Å². The summed E-state index contributed by atoms with van der Waals surface area (Å²) in [6.07, 6.45) is 0. The van der Waals surface area contributed by atoms with E-state index >= 15 is 0 Å². The summed E-state index contributed by atoms with van der Waals surface area (Å²) in [6.45, 7) is 2.63. The number of aromatic nitrogens is 4. The zero-order chi connectivity index (χ0) is 14.8. The van der Waals surface area contributed by atoms with Gasteiger partial charge in [-0.15, -0.1) is 5.10 Å². The van der Waals surface area contributed by atoms with Crippen molar-refractivity contribution in [1.82, 2.24) is 20.2 Å². The Morgan fingerprint density at radius 2 is 1.90 bits per heavy atom. The predicted molar refractivity (Wildman–Crippen MR) is 83.0 cm³/mol. The standard InChI is InChI=1S/C15H14ClN5/c1-10-5-7-11(8-6-10)9-21-15(18-19-20-21)12-3-2-4-13(17)14(12)16/h2-8H,9,17H2,1H3. The van der Waals surface area contributed by atoms with Gasteiger partial charge in [0.2, 0.25) is 0 Å². The number of hydrogen-bond donors (Lipinski definition) is 1. The monoisotopic (exact) mass is 299 g/mol. The summed E-state index contributed by atoms with van der Waals surface area (Å²) in [6, 6.07) is 13.7. The summed E-state index contributed by atoms with van der Waals surface area (Å²) in [5.41, 5.74) is 9.42. The number of nitrogen functional groups attached to an aromatic ring is 1. The smallest absolute Gasteiger partial charge is 0.183 e. The quantitative estimate of drug-likeness (QED) is 0.755. The summed E-state index contributed by atoms with van der Waals surface area (Å²) >= 11 is 6.25. The van der Waals surface area contributed by atoms with Gasteiger partial charge in [0, 0.05) is 5.56 Å². The van der Waals surface area contributed by atoms with E-state index < -0.39 is 0 Å². The Hall–Kier alpha value is -2.40. The Balaban J connectivity index is 1.97. The number of rotatable bonds is 3. The van der Waals surface area contributed by atoms with Gasteiger partial charge in [-0.2, -0.15) is 0 Å². The fourth-order valence-corrected chi connectivity index (χ4v) is 2.30. The first-order chi connectivity index (χ1) is 10.1. The summed E-state index contributed by atoms with van der Waals surface area (Å²) in [5, 5.41) is 12.3. The molecule has 2 aromatic carbocycles. The van der Waals surface area contributed by atoms with Crippen molar-refractivity contribution in [3.05, 3.63) is 58.6 Å². The van der Waals surface area contributed by atoms with Crippen molar-refractivity contribution < 1.29 is 0 Å². The minimum Gasteiger partial charge on any atom is -0.398 e. The molecule has 1 heterocycles. The molecule has 2 N–H and O–H groups in total. The minimum atomic E-state index is 0.470. The summed E-state index contributed by atoms with van der Waals surface area (Å²) in [5.74, 6) is 0.605. The molecule has 0 saturated heterocycles. The number of halogens is 1. The maximum Gasteiger partial charge on any atom is 0.183 e. The van der Waals surface area contributed by atoms with Crippen LogP contribution in [-0.2, 0) is 6.54 Å². The van der Waals surface area contributed by atoms with Crippen LogP contribution in [0.3, 0.4) is 0 Å². The highest BCUT2D eigenvalue weighted by Crippen LogP contribution is 2.30. The Labute approximate surface area is 127 Å². The molecule has 3 aromatic rings. The van der Waals surface area contributed by atoms with E-state index in [-0.39, 0.29) is 0 Å². The van der Waals surface area contributed by atoms with Crippen LogP contribution in [-0.4, -0.2) is 20.2 Å². The number of benzene rings is 2. The Kier molecular flexibility index (Phi) is 3.58. The van der Waals surface area contributed by atoms with E-state index in [4.69, 9.17) is 17.3 Å². The number of nitrogens with two attached hydrogens (primary N) is 1. The molecule has 3 rings (SSSR count). The lowest BCUT2D eigenvalue weighted by atomic mass is 10.1. The molecular formula is C15H14ClN5. The molecule has 0 bridgehead atoms. The van der Waals surface area contributed by atoms with Crippen LogP contribution in [0.1, 0.15) is 11.1 Å². The van der Waals surface area contributed by atoms with Crippen LogP contribution in [0.4, 0.5) is 5.69 Å². The Morgan fingerprint density at radius 1 is 1.14 bits per heavy atom. The van der Waals surface area contributed by atoms with Gasteiger partial charge in [-0.05, 0) is 35.0 Å². The van der Waals surface area contributed by atoms with Gasteiger partial charge < -0.3 is 5.73 Å². The molecule has 0 saturated carbocycles. The summed E-state index contributed by atoms with van der Waals surface area (Å²) in [7, 11) is 0. The van der Waals surface area contributed by atoms with Gasteiger partial charge in [0.1, 0.15) is 0 Å². The fourth-order valence-electron chi connectivity index (χ4n) is 2.09. The van der Waals surface area contributed by atoms with Crippen LogP contribution < -0.4 is 5.73 Å². The van der Waals surface area contributed by atoms with Crippen molar-refractivity contribution in [2.75, 3.05) is 5.73 Å². The third-order valence-electron chi connectivity index (χ3n) is 3.25. The third kappa shape index (κ3) is 2.73. The first kappa shape index (κ1) is 13.6. The molecular weight excluding hydrogens is 286 g/mol. The van der Waals surface area contributed by atoms with Crippen molar-refractivity contribution in [2.24, 2.45) is 0 Å². The lowest BCUT2D eigenvalue weighted by Crippen LogP contribution is -2.05. The van der Waals surface area contributed by atoms with Gasteiger partial charge in [0.05, 0.1) is 17.3 Å². The zero-order valence-corrected chi connectivity index (χ0v) is 12.2. The number of nitrogens with zero attached hydrogens (tertiary/aromatic N) is 4. The van der Waals surface area contributed by atoms with E-state index in [0.717, 1.165) is 11.1 Å². The van der Waals surface area contributed by atoms with Crippen LogP contribution >= 0.6 is 11.6 Å². The number of aryl methyl sites for hydroxylation is 1. The molecule has 0 fully saturated rings. The second-order valence-electron chi connectivity index (χ2n) is 4.85. The van der Waals surface area contributed by atoms with E-state index in [0.29, 0.717) is 23.1 Å². The molecule has 0 amide bonds. The second kappa shape index (κ2) is 5.54. The van der Waals surface area contributed by atoms with E-state index in [1.807, 2.05) is 12.1 Å². The highest BCUT2D eigenvalue weighted by atomic mass is 35.5. The van der Waals surface area contributed by atoms with Gasteiger partial charge in [-0.1, -0.05) is 47.5 Å². The fraction of sp³-hybridized carbons (Fsp3) is 0.133. The third-order valence-corrected chi connectivity index (χ3v) is 3.68. The van der Waals surface area contributed by atoms with Crippen LogP contribution in [0.2, 0.25) is 5.02 Å². The largest absolute Gasteiger partial charge is 0.398 e. The Morgan fingerprint density at radius 3 is 2.67 bits per heavy atom. The first-order valence-corrected chi connectivity index (χ1v) is 6.89. The second-order valence-corrected chi connectivity index (χ2v) is 5.23. The van der Waals surface area contributed by atoms with Crippen LogP contribution in [0.5, 0.6) is 0 Å². The van der Waals surface area contributed by atoms with E-state index in [1.54, 1.807) is 10.7 Å². The molecule has 0 spiro atoms. The number of anilines is 1. The molecule has 0 aliphatic carbocycles. The average molecular weight is 300 g/mol. The summed E-state index contributed by atoms with van der Waals surface area (Å²) in [4.78, 5) is 0. The molecule has 6 heteroatoms. The molecule has 0 aliphatic rings. The predicted octanol–water partition coefficient (Wildman–Crippen LogP) is 2.93. The van der Waals surface area contributed by atoms with Gasteiger partial charge in [-0.3, -0.25) is 0 Å². The van der Waals surface area contributed by atoms with Gasteiger partial charge in [0.15, 0.2) is 5.82 Å². The molecule has 106 valence electrons. The van der Waals surface area contributed by atoms with E-state index in [9.17, 15) is 0 Å². The van der Waals surface area contributed by atoms with Crippen molar-refractivity contribution >= 4 is 17.3 Å². The lowest BCUT2D eigenvalue weighted by Gasteiger charge is -2.08. The normalized spacial score (nSPS) is 10.8. The lowest BCUT2D eigenvalue weighted by molar-refractivity contribution is 0.653. The van der Waals surface area contributed by atoms with Crippen molar-refractivity contribution in [3.8, 4) is 11.4 Å². The van der Waals surface area contributed by atoms with E-state index in [1.165, 1.54) is 5.56 Å². The topological polar surface area (TPSA) is 69.6 Å². The van der Waals surface area contributed by atoms with Crippen molar-refractivity contribution in [1.29, 1.82) is 0 Å². The first-order valence-electron chi connectivity index (χ1n) is 6.51. The number of hydrogen-bond acceptors (Lipinski definition) is 4. The molecule has 0 aliphatic heterocycles. The number of tetrazole rings is 1. The van der Waals surface area contributed by atoms with Crippen LogP contribution in [0, 0.1) is 6.92 Å². The van der Waals surface area contributed by atoms with Crippen LogP contribution in [0.25, 0.3) is 11.4 Å². The molecule has 1 aromatic heterocycles. The molecule has 0 unspecified atom stereocenters. The Bertz CT molecular complexity index is 764. The molecule has 21 heavy (non-hydrogen) atoms. The summed E-state index contributed by atoms with van der Waals surface area (Å²) < 4.78 is 1.71. The van der Waals surface area contributed by atoms with Crippen molar-refractivity contribution in [3.63, 3.8) is 0 Å². The minimum absolute atomic E-state index is 0.470. The highest BCUT2D eigenvalue weighted by molar-refractivity contribution is 6.35. The average Bonchev–Trinajstić information content (AvgIpc) is 2.92. The van der Waals surface area contributed by atoms with Crippen LogP contribution in [0.15, 0.2) is 42.5 Å². The zero-order valence-electron chi connectivity index (χ0n) is 11.5. The SMILES string of the molecule is Cc1ccc(Cn2nnnc2-c2cccc(N)c2Cl)cc1. The van der Waals surface area contributed by atoms with Gasteiger partial charge in [0.25, 0.3) is 0 Å². The van der Waals surface area contributed by atoms with Gasteiger partial charge in [-0.25, -0.2) is 4.68 Å².